The Morgan fingerprint density at radius 2 is 1.51 bits per heavy atom. The monoisotopic (exact) mass is 510 g/mol. The van der Waals surface area contributed by atoms with Gasteiger partial charge in [-0.25, -0.2) is 9.59 Å². The van der Waals surface area contributed by atoms with Crippen molar-refractivity contribution in [3.05, 3.63) is 59.7 Å². The lowest BCUT2D eigenvalue weighted by Crippen LogP contribution is -2.48. The second-order valence-electron chi connectivity index (χ2n) is 10.0. The van der Waals surface area contributed by atoms with E-state index in [-0.39, 0.29) is 18.4 Å². The summed E-state index contributed by atoms with van der Waals surface area (Å²) in [4.78, 5) is 37.1. The van der Waals surface area contributed by atoms with E-state index in [0.29, 0.717) is 38.9 Å². The van der Waals surface area contributed by atoms with E-state index in [2.05, 4.69) is 40.2 Å². The summed E-state index contributed by atoms with van der Waals surface area (Å²) in [5, 5.41) is 8.12. The first-order valence-corrected chi connectivity index (χ1v) is 12.8. The number of hydrogen-bond donors (Lipinski definition) is 4. The van der Waals surface area contributed by atoms with Gasteiger partial charge in [0.1, 0.15) is 18.2 Å². The maximum absolute atomic E-state index is 12.7. The van der Waals surface area contributed by atoms with Crippen molar-refractivity contribution >= 4 is 18.1 Å². The van der Waals surface area contributed by atoms with Crippen LogP contribution in [0.2, 0.25) is 0 Å². The molecule has 0 aromatic heterocycles. The Balaban J connectivity index is 1.52. The molecule has 3 rings (SSSR count). The number of unbranched alkanes of at least 4 members (excludes halogenated alkanes) is 1. The van der Waals surface area contributed by atoms with Crippen LogP contribution >= 0.6 is 0 Å². The molecule has 0 bridgehead atoms. The average molecular weight is 511 g/mol. The predicted octanol–water partition coefficient (Wildman–Crippen LogP) is 3.66. The number of rotatable bonds is 11. The maximum Gasteiger partial charge on any atom is 0.407 e. The van der Waals surface area contributed by atoms with Crippen molar-refractivity contribution in [1.29, 1.82) is 0 Å². The number of carbonyl (C=O) groups is 3. The number of nitrogens with two attached hydrogens (primary N) is 1. The Kier molecular flexibility index (Phi) is 9.91. The van der Waals surface area contributed by atoms with Crippen LogP contribution in [-0.2, 0) is 14.3 Å². The minimum Gasteiger partial charge on any atom is -0.449 e. The van der Waals surface area contributed by atoms with Gasteiger partial charge in [0.15, 0.2) is 0 Å². The molecule has 1 atom stereocenters. The summed E-state index contributed by atoms with van der Waals surface area (Å²) in [6.07, 6.45) is 0.464. The molecule has 3 amide bonds. The Morgan fingerprint density at radius 3 is 2.11 bits per heavy atom. The van der Waals surface area contributed by atoms with Crippen molar-refractivity contribution in [3.8, 4) is 11.1 Å². The molecule has 9 nitrogen and oxygen atoms in total. The molecule has 0 unspecified atom stereocenters. The van der Waals surface area contributed by atoms with E-state index in [4.69, 9.17) is 15.2 Å². The molecule has 9 heteroatoms. The highest BCUT2D eigenvalue weighted by atomic mass is 16.6. The van der Waals surface area contributed by atoms with Gasteiger partial charge in [-0.05, 0) is 62.3 Å². The number of amides is 3. The summed E-state index contributed by atoms with van der Waals surface area (Å²) in [6.45, 7) is 6.56. The van der Waals surface area contributed by atoms with Gasteiger partial charge in [0.05, 0.1) is 0 Å². The van der Waals surface area contributed by atoms with Gasteiger partial charge in [0.2, 0.25) is 5.91 Å². The highest BCUT2D eigenvalue weighted by Gasteiger charge is 2.29. The molecule has 0 fully saturated rings. The van der Waals surface area contributed by atoms with Gasteiger partial charge in [-0.1, -0.05) is 48.5 Å². The zero-order valence-electron chi connectivity index (χ0n) is 21.8. The van der Waals surface area contributed by atoms with E-state index in [9.17, 15) is 14.4 Å². The Hall–Kier alpha value is -3.59. The molecule has 0 radical (unpaired) electrons. The van der Waals surface area contributed by atoms with E-state index in [1.54, 1.807) is 20.8 Å². The number of benzene rings is 2. The minimum absolute atomic E-state index is 0.0680. The fraction of sp³-hybridized carbons (Fsp3) is 0.464. The van der Waals surface area contributed by atoms with Crippen LogP contribution in [0.15, 0.2) is 48.5 Å². The van der Waals surface area contributed by atoms with Crippen molar-refractivity contribution in [2.75, 3.05) is 26.2 Å². The normalized spacial score (nSPS) is 13.2. The highest BCUT2D eigenvalue weighted by molar-refractivity contribution is 5.85. The van der Waals surface area contributed by atoms with Crippen LogP contribution in [-0.4, -0.2) is 56.0 Å². The smallest absolute Gasteiger partial charge is 0.407 e. The number of ether oxygens (including phenoxy) is 2. The van der Waals surface area contributed by atoms with Gasteiger partial charge < -0.3 is 31.2 Å². The van der Waals surface area contributed by atoms with Crippen molar-refractivity contribution in [2.24, 2.45) is 5.73 Å². The van der Waals surface area contributed by atoms with E-state index < -0.39 is 23.8 Å². The van der Waals surface area contributed by atoms with Crippen LogP contribution in [0.5, 0.6) is 0 Å². The van der Waals surface area contributed by atoms with Gasteiger partial charge >= 0.3 is 12.2 Å². The van der Waals surface area contributed by atoms with E-state index in [1.165, 1.54) is 0 Å². The third-order valence-corrected chi connectivity index (χ3v) is 5.98. The number of fused-ring (bicyclic) bond motifs is 3. The van der Waals surface area contributed by atoms with Crippen LogP contribution in [0.4, 0.5) is 9.59 Å². The second kappa shape index (κ2) is 13.1. The first-order chi connectivity index (χ1) is 17.7. The molecule has 0 saturated heterocycles. The van der Waals surface area contributed by atoms with Crippen LogP contribution in [0.1, 0.15) is 57.1 Å². The molecule has 1 aliphatic carbocycles. The van der Waals surface area contributed by atoms with E-state index in [0.717, 1.165) is 22.3 Å². The summed E-state index contributed by atoms with van der Waals surface area (Å²) in [7, 11) is 0. The summed E-state index contributed by atoms with van der Waals surface area (Å²) in [5.41, 5.74) is 9.46. The molecule has 0 spiro atoms. The summed E-state index contributed by atoms with van der Waals surface area (Å²) < 4.78 is 10.8. The molecule has 1 aliphatic rings. The zero-order chi connectivity index (χ0) is 26.8. The van der Waals surface area contributed by atoms with Gasteiger partial charge in [-0.2, -0.15) is 0 Å². The van der Waals surface area contributed by atoms with Crippen molar-refractivity contribution in [2.45, 2.75) is 57.6 Å². The maximum atomic E-state index is 12.7. The highest BCUT2D eigenvalue weighted by Crippen LogP contribution is 2.44. The standard InChI is InChI=1S/C28H38N4O5/c1-28(2,3)37-26(34)31-16-9-8-14-24(25(33)30-17-15-29)32-27(35)36-18-23-21-12-6-4-10-19(21)20-11-5-7-13-22(20)23/h4-7,10-13,23-24H,8-9,14-18,29H2,1-3H3,(H,30,33)(H,31,34)(H,32,35)/t24-/m0/s1. The predicted molar refractivity (Wildman–Crippen MR) is 142 cm³/mol. The van der Waals surface area contributed by atoms with Crippen LogP contribution in [0.3, 0.4) is 0 Å². The Bertz CT molecular complexity index is 1040. The van der Waals surface area contributed by atoms with Crippen LogP contribution in [0, 0.1) is 0 Å². The van der Waals surface area contributed by atoms with Crippen molar-refractivity contribution < 1.29 is 23.9 Å². The second-order valence-corrected chi connectivity index (χ2v) is 10.0. The molecule has 0 heterocycles. The zero-order valence-corrected chi connectivity index (χ0v) is 21.8. The molecule has 200 valence electrons. The molecule has 0 aliphatic heterocycles. The molecule has 2 aromatic rings. The van der Waals surface area contributed by atoms with Crippen LogP contribution in [0.25, 0.3) is 11.1 Å². The fourth-order valence-electron chi connectivity index (χ4n) is 4.35. The quantitative estimate of drug-likeness (QED) is 0.341. The summed E-state index contributed by atoms with van der Waals surface area (Å²) >= 11 is 0. The van der Waals surface area contributed by atoms with Crippen LogP contribution < -0.4 is 21.7 Å². The Morgan fingerprint density at radius 1 is 0.892 bits per heavy atom. The third-order valence-electron chi connectivity index (χ3n) is 5.98. The number of hydrogen-bond acceptors (Lipinski definition) is 6. The van der Waals surface area contributed by atoms with E-state index in [1.807, 2.05) is 24.3 Å². The molecule has 0 saturated carbocycles. The lowest BCUT2D eigenvalue weighted by molar-refractivity contribution is -0.123. The van der Waals surface area contributed by atoms with Crippen molar-refractivity contribution in [1.82, 2.24) is 16.0 Å². The molecular weight excluding hydrogens is 472 g/mol. The first kappa shape index (κ1) is 28.0. The van der Waals surface area contributed by atoms with Crippen molar-refractivity contribution in [3.63, 3.8) is 0 Å². The SMILES string of the molecule is CC(C)(C)OC(=O)NCCCC[C@H](NC(=O)OCC1c2ccccc2-c2ccccc21)C(=O)NCCN. The van der Waals surface area contributed by atoms with Gasteiger partial charge in [0.25, 0.3) is 0 Å². The average Bonchev–Trinajstić information content (AvgIpc) is 3.17. The molecular formula is C28H38N4O5. The lowest BCUT2D eigenvalue weighted by atomic mass is 9.98. The van der Waals surface area contributed by atoms with E-state index >= 15 is 0 Å². The topological polar surface area (TPSA) is 132 Å². The first-order valence-electron chi connectivity index (χ1n) is 12.8. The van der Waals surface area contributed by atoms with Gasteiger partial charge in [-0.3, -0.25) is 4.79 Å². The molecule has 37 heavy (non-hydrogen) atoms. The number of nitrogens with one attached hydrogen (secondary N) is 3. The molecule has 5 N–H and O–H groups in total. The third kappa shape index (κ3) is 8.21. The number of alkyl carbamates (subject to hydrolysis) is 2. The summed E-state index contributed by atoms with van der Waals surface area (Å²) in [5.74, 6) is -0.388. The Labute approximate surface area is 218 Å². The largest absolute Gasteiger partial charge is 0.449 e. The minimum atomic E-state index is -0.774. The van der Waals surface area contributed by atoms with Gasteiger partial charge in [-0.15, -0.1) is 0 Å². The van der Waals surface area contributed by atoms with Gasteiger partial charge in [0, 0.05) is 25.6 Å². The lowest BCUT2D eigenvalue weighted by Gasteiger charge is -2.20. The number of carbonyl (C=O) groups excluding carboxylic acids is 3. The fourth-order valence-corrected chi connectivity index (χ4v) is 4.35. The molecule has 2 aromatic carbocycles. The summed E-state index contributed by atoms with van der Waals surface area (Å²) in [6, 6.07) is 15.4.